The van der Waals surface area contributed by atoms with Crippen LogP contribution in [0.2, 0.25) is 0 Å². The fraction of sp³-hybridized carbons (Fsp3) is 0.846. The van der Waals surface area contributed by atoms with Crippen LogP contribution < -0.4 is 5.32 Å². The third-order valence-corrected chi connectivity index (χ3v) is 3.17. The first-order valence-electron chi connectivity index (χ1n) is 6.74. The van der Waals surface area contributed by atoms with Gasteiger partial charge >= 0.3 is 12.0 Å². The van der Waals surface area contributed by atoms with Gasteiger partial charge in [0.2, 0.25) is 0 Å². The summed E-state index contributed by atoms with van der Waals surface area (Å²) in [6, 6.07) is -1.05. The summed E-state index contributed by atoms with van der Waals surface area (Å²) >= 11 is 0. The van der Waals surface area contributed by atoms with Gasteiger partial charge in [0.05, 0.1) is 0 Å². The molecule has 1 fully saturated rings. The van der Waals surface area contributed by atoms with Gasteiger partial charge in [0.25, 0.3) is 0 Å². The molecule has 2 amide bonds. The number of amides is 2. The zero-order valence-electron chi connectivity index (χ0n) is 11.5. The van der Waals surface area contributed by atoms with E-state index in [1.54, 1.807) is 18.7 Å². The second kappa shape index (κ2) is 6.61. The first-order chi connectivity index (χ1) is 8.45. The maximum atomic E-state index is 12.1. The highest BCUT2D eigenvalue weighted by Gasteiger charge is 2.29. The molecule has 0 aromatic carbocycles. The predicted molar refractivity (Wildman–Crippen MR) is 69.4 cm³/mol. The number of carboxylic acids is 1. The Hall–Kier alpha value is -1.26. The fourth-order valence-corrected chi connectivity index (χ4v) is 1.90. The van der Waals surface area contributed by atoms with E-state index in [0.717, 1.165) is 13.0 Å². The van der Waals surface area contributed by atoms with Crippen molar-refractivity contribution in [3.63, 3.8) is 0 Å². The molecule has 1 atom stereocenters. The van der Waals surface area contributed by atoms with E-state index in [-0.39, 0.29) is 11.9 Å². The van der Waals surface area contributed by atoms with Gasteiger partial charge in [0.15, 0.2) is 0 Å². The molecule has 0 bridgehead atoms. The minimum absolute atomic E-state index is 0.115. The van der Waals surface area contributed by atoms with E-state index in [1.165, 1.54) is 12.8 Å². The lowest BCUT2D eigenvalue weighted by Crippen LogP contribution is -2.50. The van der Waals surface area contributed by atoms with Crippen LogP contribution in [0.1, 0.15) is 40.0 Å². The Labute approximate surface area is 109 Å². The minimum Gasteiger partial charge on any atom is -0.480 e. The van der Waals surface area contributed by atoms with Crippen molar-refractivity contribution in [2.24, 2.45) is 11.8 Å². The standard InChI is InChI=1S/C13H24N2O3/c1-4-7-15(8-10-5-6-10)13(18)14-11(9(2)3)12(16)17/h9-11H,4-8H2,1-3H3,(H,14,18)(H,16,17)/t11-/m0/s1. The van der Waals surface area contributed by atoms with Crippen molar-refractivity contribution in [1.82, 2.24) is 10.2 Å². The van der Waals surface area contributed by atoms with Crippen molar-refractivity contribution in [2.75, 3.05) is 13.1 Å². The Balaban J connectivity index is 2.54. The SMILES string of the molecule is CCCN(CC1CC1)C(=O)N[C@H](C(=O)O)C(C)C. The van der Waals surface area contributed by atoms with Crippen molar-refractivity contribution in [2.45, 2.75) is 46.1 Å². The number of nitrogens with zero attached hydrogens (tertiary/aromatic N) is 1. The molecule has 1 saturated carbocycles. The Kier molecular flexibility index (Phi) is 5.44. The average Bonchev–Trinajstić information content (AvgIpc) is 3.07. The first kappa shape index (κ1) is 14.8. The summed E-state index contributed by atoms with van der Waals surface area (Å²) in [6.07, 6.45) is 3.25. The molecule has 0 aliphatic heterocycles. The van der Waals surface area contributed by atoms with Gasteiger partial charge in [0.1, 0.15) is 6.04 Å². The lowest BCUT2D eigenvalue weighted by molar-refractivity contribution is -0.140. The zero-order valence-corrected chi connectivity index (χ0v) is 11.5. The zero-order chi connectivity index (χ0) is 13.7. The molecule has 0 aromatic heterocycles. The molecule has 0 radical (unpaired) electrons. The summed E-state index contributed by atoms with van der Waals surface area (Å²) < 4.78 is 0. The minimum atomic E-state index is -0.971. The molecule has 0 saturated heterocycles. The summed E-state index contributed by atoms with van der Waals surface area (Å²) in [5, 5.41) is 11.7. The van der Waals surface area contributed by atoms with Gasteiger partial charge in [-0.05, 0) is 31.1 Å². The van der Waals surface area contributed by atoms with Crippen LogP contribution in [0.3, 0.4) is 0 Å². The Bertz CT molecular complexity index is 301. The number of aliphatic carboxylic acids is 1. The molecule has 0 aromatic rings. The number of carbonyl (C=O) groups is 2. The van der Waals surface area contributed by atoms with Crippen LogP contribution in [-0.2, 0) is 4.79 Å². The van der Waals surface area contributed by atoms with Crippen molar-refractivity contribution in [1.29, 1.82) is 0 Å². The monoisotopic (exact) mass is 256 g/mol. The molecule has 0 spiro atoms. The van der Waals surface area contributed by atoms with Crippen LogP contribution >= 0.6 is 0 Å². The van der Waals surface area contributed by atoms with Gasteiger partial charge in [-0.15, -0.1) is 0 Å². The summed E-state index contributed by atoms with van der Waals surface area (Å²) in [5.41, 5.74) is 0. The van der Waals surface area contributed by atoms with Crippen LogP contribution in [0, 0.1) is 11.8 Å². The van der Waals surface area contributed by atoms with Crippen molar-refractivity contribution >= 4 is 12.0 Å². The molecular formula is C13H24N2O3. The smallest absolute Gasteiger partial charge is 0.326 e. The van der Waals surface area contributed by atoms with Gasteiger partial charge in [-0.3, -0.25) is 0 Å². The molecule has 104 valence electrons. The van der Waals surface area contributed by atoms with Crippen LogP contribution in [0.5, 0.6) is 0 Å². The highest BCUT2D eigenvalue weighted by molar-refractivity contribution is 5.82. The number of hydrogen-bond donors (Lipinski definition) is 2. The second-order valence-electron chi connectivity index (χ2n) is 5.40. The number of nitrogens with one attached hydrogen (secondary N) is 1. The predicted octanol–water partition coefficient (Wildman–Crippen LogP) is 1.93. The Morgan fingerprint density at radius 1 is 1.39 bits per heavy atom. The van der Waals surface area contributed by atoms with Crippen LogP contribution in [0.4, 0.5) is 4.79 Å². The number of carbonyl (C=O) groups excluding carboxylic acids is 1. The number of urea groups is 1. The molecule has 5 heteroatoms. The fourth-order valence-electron chi connectivity index (χ4n) is 1.90. The number of carboxylic acid groups (broad SMARTS) is 1. The molecule has 18 heavy (non-hydrogen) atoms. The maximum absolute atomic E-state index is 12.1. The molecule has 2 N–H and O–H groups in total. The van der Waals surface area contributed by atoms with E-state index in [1.807, 2.05) is 6.92 Å². The van der Waals surface area contributed by atoms with Gasteiger partial charge in [-0.2, -0.15) is 0 Å². The van der Waals surface area contributed by atoms with E-state index in [2.05, 4.69) is 5.32 Å². The lowest BCUT2D eigenvalue weighted by Gasteiger charge is -2.26. The molecular weight excluding hydrogens is 232 g/mol. The van der Waals surface area contributed by atoms with E-state index >= 15 is 0 Å². The molecule has 0 heterocycles. The maximum Gasteiger partial charge on any atom is 0.326 e. The van der Waals surface area contributed by atoms with Crippen LogP contribution in [-0.4, -0.2) is 41.1 Å². The first-order valence-corrected chi connectivity index (χ1v) is 6.74. The van der Waals surface area contributed by atoms with E-state index in [0.29, 0.717) is 12.5 Å². The quantitative estimate of drug-likeness (QED) is 0.731. The summed E-state index contributed by atoms with van der Waals surface area (Å²) in [6.45, 7) is 7.05. The highest BCUT2D eigenvalue weighted by atomic mass is 16.4. The average molecular weight is 256 g/mol. The molecule has 0 unspecified atom stereocenters. The summed E-state index contributed by atoms with van der Waals surface area (Å²) in [5.74, 6) is -0.471. The van der Waals surface area contributed by atoms with E-state index in [9.17, 15) is 9.59 Å². The normalized spacial score (nSPS) is 16.4. The lowest BCUT2D eigenvalue weighted by atomic mass is 10.1. The Morgan fingerprint density at radius 2 is 2.00 bits per heavy atom. The van der Waals surface area contributed by atoms with Gasteiger partial charge < -0.3 is 15.3 Å². The molecule has 1 aliphatic carbocycles. The van der Waals surface area contributed by atoms with Crippen molar-refractivity contribution in [3.05, 3.63) is 0 Å². The topological polar surface area (TPSA) is 69.6 Å². The van der Waals surface area contributed by atoms with Crippen LogP contribution in [0.25, 0.3) is 0 Å². The van der Waals surface area contributed by atoms with E-state index < -0.39 is 12.0 Å². The number of hydrogen-bond acceptors (Lipinski definition) is 2. The van der Waals surface area contributed by atoms with Crippen molar-refractivity contribution < 1.29 is 14.7 Å². The highest BCUT2D eigenvalue weighted by Crippen LogP contribution is 2.29. The van der Waals surface area contributed by atoms with Gasteiger partial charge in [-0.1, -0.05) is 20.8 Å². The van der Waals surface area contributed by atoms with Crippen LogP contribution in [0.15, 0.2) is 0 Å². The molecule has 1 aliphatic rings. The second-order valence-corrected chi connectivity index (χ2v) is 5.40. The molecule has 5 nitrogen and oxygen atoms in total. The summed E-state index contributed by atoms with van der Waals surface area (Å²) in [4.78, 5) is 24.9. The Morgan fingerprint density at radius 3 is 2.39 bits per heavy atom. The van der Waals surface area contributed by atoms with Gasteiger partial charge in [-0.25, -0.2) is 9.59 Å². The largest absolute Gasteiger partial charge is 0.480 e. The third-order valence-electron chi connectivity index (χ3n) is 3.17. The van der Waals surface area contributed by atoms with Crippen molar-refractivity contribution in [3.8, 4) is 0 Å². The van der Waals surface area contributed by atoms with Gasteiger partial charge in [0, 0.05) is 13.1 Å². The molecule has 1 rings (SSSR count). The third kappa shape index (κ3) is 4.55. The summed E-state index contributed by atoms with van der Waals surface area (Å²) in [7, 11) is 0. The number of rotatable bonds is 7. The van der Waals surface area contributed by atoms with E-state index in [4.69, 9.17) is 5.11 Å².